The van der Waals surface area contributed by atoms with Crippen molar-refractivity contribution in [1.29, 1.82) is 0 Å². The Balaban J connectivity index is 0.000000383. The summed E-state index contributed by atoms with van der Waals surface area (Å²) in [5.41, 5.74) is 0.775. The summed E-state index contributed by atoms with van der Waals surface area (Å²) >= 11 is 0. The quantitative estimate of drug-likeness (QED) is 0.845. The van der Waals surface area contributed by atoms with Crippen LogP contribution in [-0.4, -0.2) is 23.8 Å². The maximum absolute atomic E-state index is 11.3. The molecule has 0 unspecified atom stereocenters. The fourth-order valence-electron chi connectivity index (χ4n) is 1.61. The van der Waals surface area contributed by atoms with Gasteiger partial charge in [0.25, 0.3) is 0 Å². The third-order valence-corrected chi connectivity index (χ3v) is 2.48. The SMILES string of the molecule is C=CC(=O)O.CCOC(=O)Nc1cccc2ccccc12. The predicted molar refractivity (Wildman–Crippen MR) is 82.4 cm³/mol. The van der Waals surface area contributed by atoms with Crippen LogP contribution in [0.15, 0.2) is 55.1 Å². The van der Waals surface area contributed by atoms with Crippen LogP contribution < -0.4 is 5.32 Å². The number of nitrogens with one attached hydrogen (secondary N) is 1. The first-order chi connectivity index (χ1) is 10.1. The fraction of sp³-hybridized carbons (Fsp3) is 0.125. The van der Waals surface area contributed by atoms with Crippen LogP contribution in [0.25, 0.3) is 10.8 Å². The number of amides is 1. The number of benzene rings is 2. The number of carbonyl (C=O) groups excluding carboxylic acids is 1. The Morgan fingerprint density at radius 3 is 2.48 bits per heavy atom. The highest BCUT2D eigenvalue weighted by molar-refractivity contribution is 6.00. The maximum Gasteiger partial charge on any atom is 0.411 e. The second-order valence-electron chi connectivity index (χ2n) is 3.91. The lowest BCUT2D eigenvalue weighted by Crippen LogP contribution is -2.13. The molecule has 0 fully saturated rings. The highest BCUT2D eigenvalue weighted by Crippen LogP contribution is 2.22. The molecule has 21 heavy (non-hydrogen) atoms. The number of rotatable bonds is 3. The number of carbonyl (C=O) groups is 2. The fourth-order valence-corrected chi connectivity index (χ4v) is 1.61. The van der Waals surface area contributed by atoms with E-state index in [-0.39, 0.29) is 0 Å². The van der Waals surface area contributed by atoms with E-state index in [9.17, 15) is 9.59 Å². The molecule has 0 aliphatic carbocycles. The van der Waals surface area contributed by atoms with Gasteiger partial charge in [0.2, 0.25) is 0 Å². The lowest BCUT2D eigenvalue weighted by Gasteiger charge is -2.08. The molecule has 0 aliphatic heterocycles. The summed E-state index contributed by atoms with van der Waals surface area (Å²) in [6, 6.07) is 13.7. The monoisotopic (exact) mass is 287 g/mol. The lowest BCUT2D eigenvalue weighted by molar-refractivity contribution is -0.131. The van der Waals surface area contributed by atoms with Crippen molar-refractivity contribution in [1.82, 2.24) is 0 Å². The van der Waals surface area contributed by atoms with Gasteiger partial charge >= 0.3 is 12.1 Å². The average Bonchev–Trinajstić information content (AvgIpc) is 2.48. The van der Waals surface area contributed by atoms with E-state index < -0.39 is 12.1 Å². The van der Waals surface area contributed by atoms with Crippen molar-refractivity contribution in [2.45, 2.75) is 6.92 Å². The molecule has 0 aliphatic rings. The standard InChI is InChI=1S/C13H13NO2.C3H4O2/c1-2-16-13(15)14-12-9-5-7-10-6-3-4-8-11(10)12;1-2-3(4)5/h3-9H,2H2,1H3,(H,14,15);2H,1H2,(H,4,5). The van der Waals surface area contributed by atoms with Gasteiger partial charge in [-0.15, -0.1) is 0 Å². The zero-order valence-electron chi connectivity index (χ0n) is 11.7. The number of carboxylic acid groups (broad SMARTS) is 1. The van der Waals surface area contributed by atoms with Gasteiger partial charge in [-0.1, -0.05) is 43.0 Å². The van der Waals surface area contributed by atoms with E-state index >= 15 is 0 Å². The average molecular weight is 287 g/mol. The molecule has 0 aromatic heterocycles. The Bertz CT molecular complexity index is 632. The van der Waals surface area contributed by atoms with Crippen LogP contribution in [0.1, 0.15) is 6.92 Å². The summed E-state index contributed by atoms with van der Waals surface area (Å²) in [5.74, 6) is -0.981. The normalized spacial score (nSPS) is 9.19. The number of hydrogen-bond donors (Lipinski definition) is 2. The summed E-state index contributed by atoms with van der Waals surface area (Å²) < 4.78 is 4.84. The van der Waals surface area contributed by atoms with Gasteiger partial charge in [-0.3, -0.25) is 5.32 Å². The van der Waals surface area contributed by atoms with Gasteiger partial charge in [-0.05, 0) is 18.4 Å². The molecule has 0 saturated heterocycles. The Labute approximate surface area is 122 Å². The predicted octanol–water partition coefficient (Wildman–Crippen LogP) is 3.67. The molecule has 2 aromatic carbocycles. The molecular weight excluding hydrogens is 270 g/mol. The lowest BCUT2D eigenvalue weighted by atomic mass is 10.1. The van der Waals surface area contributed by atoms with E-state index in [0.717, 1.165) is 22.5 Å². The van der Waals surface area contributed by atoms with Gasteiger partial charge in [-0.25, -0.2) is 9.59 Å². The highest BCUT2D eigenvalue weighted by atomic mass is 16.5. The molecule has 0 bridgehead atoms. The van der Waals surface area contributed by atoms with E-state index in [4.69, 9.17) is 9.84 Å². The minimum Gasteiger partial charge on any atom is -0.478 e. The molecule has 5 heteroatoms. The van der Waals surface area contributed by atoms with Crippen LogP contribution in [0, 0.1) is 0 Å². The number of aliphatic carboxylic acids is 1. The topological polar surface area (TPSA) is 75.6 Å². The number of anilines is 1. The van der Waals surface area contributed by atoms with E-state index in [1.165, 1.54) is 0 Å². The summed E-state index contributed by atoms with van der Waals surface area (Å²) in [6.07, 6.45) is 0.416. The number of hydrogen-bond acceptors (Lipinski definition) is 3. The highest BCUT2D eigenvalue weighted by Gasteiger charge is 2.04. The Kier molecular flexibility index (Phi) is 6.47. The van der Waals surface area contributed by atoms with Crippen LogP contribution >= 0.6 is 0 Å². The first-order valence-corrected chi connectivity index (χ1v) is 6.35. The molecule has 0 heterocycles. The zero-order valence-corrected chi connectivity index (χ0v) is 11.7. The van der Waals surface area contributed by atoms with Crippen molar-refractivity contribution in [3.63, 3.8) is 0 Å². The molecule has 0 saturated carbocycles. The van der Waals surface area contributed by atoms with Crippen LogP contribution in [0.5, 0.6) is 0 Å². The number of fused-ring (bicyclic) bond motifs is 1. The summed E-state index contributed by atoms with van der Waals surface area (Å²) in [4.78, 5) is 20.6. The van der Waals surface area contributed by atoms with E-state index in [1.807, 2.05) is 42.5 Å². The molecule has 1 amide bonds. The van der Waals surface area contributed by atoms with Gasteiger partial charge in [0, 0.05) is 11.5 Å². The molecule has 2 aromatic rings. The van der Waals surface area contributed by atoms with Crippen molar-refractivity contribution in [3.8, 4) is 0 Å². The first-order valence-electron chi connectivity index (χ1n) is 6.35. The van der Waals surface area contributed by atoms with Crippen molar-refractivity contribution in [2.24, 2.45) is 0 Å². The minimum atomic E-state index is -0.981. The van der Waals surface area contributed by atoms with Gasteiger partial charge in [0.05, 0.1) is 12.3 Å². The van der Waals surface area contributed by atoms with Crippen LogP contribution in [0.2, 0.25) is 0 Å². The second-order valence-corrected chi connectivity index (χ2v) is 3.91. The van der Waals surface area contributed by atoms with E-state index in [0.29, 0.717) is 6.61 Å². The molecule has 2 N–H and O–H groups in total. The van der Waals surface area contributed by atoms with Gasteiger partial charge in [-0.2, -0.15) is 0 Å². The van der Waals surface area contributed by atoms with Gasteiger partial charge < -0.3 is 9.84 Å². The summed E-state index contributed by atoms with van der Waals surface area (Å²) in [6.45, 7) is 5.11. The molecule has 0 atom stereocenters. The van der Waals surface area contributed by atoms with Crippen LogP contribution in [-0.2, 0) is 9.53 Å². The van der Waals surface area contributed by atoms with Gasteiger partial charge in [0.15, 0.2) is 0 Å². The maximum atomic E-state index is 11.3. The molecule has 0 radical (unpaired) electrons. The molecule has 0 spiro atoms. The van der Waals surface area contributed by atoms with Gasteiger partial charge in [0.1, 0.15) is 0 Å². The first kappa shape index (κ1) is 16.2. The van der Waals surface area contributed by atoms with Crippen molar-refractivity contribution in [3.05, 3.63) is 55.1 Å². The largest absolute Gasteiger partial charge is 0.478 e. The van der Waals surface area contributed by atoms with Crippen LogP contribution in [0.3, 0.4) is 0 Å². The van der Waals surface area contributed by atoms with Crippen molar-refractivity contribution < 1.29 is 19.4 Å². The molecule has 5 nitrogen and oxygen atoms in total. The smallest absolute Gasteiger partial charge is 0.411 e. The summed E-state index contributed by atoms with van der Waals surface area (Å²) in [7, 11) is 0. The van der Waals surface area contributed by atoms with E-state index in [2.05, 4.69) is 11.9 Å². The van der Waals surface area contributed by atoms with Crippen LogP contribution in [0.4, 0.5) is 10.5 Å². The Morgan fingerprint density at radius 2 is 1.86 bits per heavy atom. The van der Waals surface area contributed by atoms with E-state index in [1.54, 1.807) is 6.92 Å². The third-order valence-electron chi connectivity index (χ3n) is 2.48. The van der Waals surface area contributed by atoms with Crippen molar-refractivity contribution in [2.75, 3.05) is 11.9 Å². The number of ether oxygens (including phenoxy) is 1. The zero-order chi connectivity index (χ0) is 15.7. The summed E-state index contributed by atoms with van der Waals surface area (Å²) in [5, 5.41) is 12.4. The minimum absolute atomic E-state index is 0.372. The second kappa shape index (κ2) is 8.37. The molecule has 2 rings (SSSR count). The molecular formula is C16H17NO4. The number of carboxylic acids is 1. The molecule has 110 valence electrons. The Morgan fingerprint density at radius 1 is 1.24 bits per heavy atom. The Hall–Kier alpha value is -2.82. The van der Waals surface area contributed by atoms with Crippen molar-refractivity contribution >= 4 is 28.5 Å². The third kappa shape index (κ3) is 5.36.